The van der Waals surface area contributed by atoms with E-state index in [2.05, 4.69) is 10.4 Å². The Morgan fingerprint density at radius 3 is 2.52 bits per heavy atom. The van der Waals surface area contributed by atoms with Crippen LogP contribution < -0.4 is 5.32 Å². The fourth-order valence-corrected chi connectivity index (χ4v) is 2.47. The Kier molecular flexibility index (Phi) is 4.70. The number of amides is 1. The number of benzene rings is 1. The molecule has 1 amide bonds. The van der Waals surface area contributed by atoms with Crippen LogP contribution in [0.3, 0.4) is 0 Å². The lowest BCUT2D eigenvalue weighted by molar-refractivity contribution is -0.143. The molecule has 4 nitrogen and oxygen atoms in total. The summed E-state index contributed by atoms with van der Waals surface area (Å²) in [6, 6.07) is 7.05. The van der Waals surface area contributed by atoms with Gasteiger partial charge in [0.15, 0.2) is 11.4 Å². The van der Waals surface area contributed by atoms with Crippen LogP contribution in [0.15, 0.2) is 24.3 Å². The van der Waals surface area contributed by atoms with Gasteiger partial charge in [0.25, 0.3) is 5.91 Å². The monoisotopic (exact) mass is 345 g/mol. The Balaban J connectivity index is 2.30. The van der Waals surface area contributed by atoms with Gasteiger partial charge in [0.2, 0.25) is 0 Å². The van der Waals surface area contributed by atoms with Crippen molar-refractivity contribution in [2.45, 2.75) is 25.9 Å². The van der Waals surface area contributed by atoms with E-state index in [-0.39, 0.29) is 5.92 Å². The van der Waals surface area contributed by atoms with Crippen LogP contribution >= 0.6 is 11.6 Å². The summed E-state index contributed by atoms with van der Waals surface area (Å²) in [5, 5.41) is 5.39. The summed E-state index contributed by atoms with van der Waals surface area (Å²) >= 11 is 5.69. The van der Waals surface area contributed by atoms with E-state index in [1.54, 1.807) is 18.2 Å². The Morgan fingerprint density at radius 1 is 1.35 bits per heavy atom. The van der Waals surface area contributed by atoms with Gasteiger partial charge < -0.3 is 5.32 Å². The molecule has 0 bridgehead atoms. The Morgan fingerprint density at radius 2 is 2.00 bits per heavy atom. The molecule has 1 aromatic heterocycles. The van der Waals surface area contributed by atoms with Crippen LogP contribution in [0.25, 0.3) is 0 Å². The van der Waals surface area contributed by atoms with Crippen molar-refractivity contribution in [3.8, 4) is 0 Å². The van der Waals surface area contributed by atoms with Crippen LogP contribution in [0.2, 0.25) is 5.02 Å². The van der Waals surface area contributed by atoms with Gasteiger partial charge in [-0.1, -0.05) is 37.6 Å². The lowest BCUT2D eigenvalue weighted by atomic mass is 10.0. The molecular weight excluding hydrogens is 331 g/mol. The predicted molar refractivity (Wildman–Crippen MR) is 81.7 cm³/mol. The third-order valence-electron chi connectivity index (χ3n) is 3.28. The SMILES string of the molecule is CC(C)c1cccc(NC(=O)c2nn(C)c(C(F)(F)F)c2Cl)c1. The molecule has 0 aliphatic rings. The molecule has 2 rings (SSSR count). The lowest BCUT2D eigenvalue weighted by Gasteiger charge is -2.09. The number of nitrogens with zero attached hydrogens (tertiary/aromatic N) is 2. The summed E-state index contributed by atoms with van der Waals surface area (Å²) < 4.78 is 39.2. The quantitative estimate of drug-likeness (QED) is 0.892. The molecule has 0 aliphatic heterocycles. The van der Waals surface area contributed by atoms with Gasteiger partial charge in [0, 0.05) is 12.7 Å². The molecule has 0 atom stereocenters. The van der Waals surface area contributed by atoms with Crippen molar-refractivity contribution in [2.75, 3.05) is 5.32 Å². The first-order valence-corrected chi connectivity index (χ1v) is 7.20. The van der Waals surface area contributed by atoms with Crippen molar-refractivity contribution in [3.63, 3.8) is 0 Å². The zero-order valence-electron chi connectivity index (χ0n) is 12.7. The molecule has 0 unspecified atom stereocenters. The maximum absolute atomic E-state index is 12.9. The summed E-state index contributed by atoms with van der Waals surface area (Å²) in [5.74, 6) is -0.538. The first kappa shape index (κ1) is 17.3. The van der Waals surface area contributed by atoms with Crippen molar-refractivity contribution in [3.05, 3.63) is 46.2 Å². The van der Waals surface area contributed by atoms with Gasteiger partial charge in [-0.3, -0.25) is 9.48 Å². The van der Waals surface area contributed by atoms with E-state index in [4.69, 9.17) is 11.6 Å². The van der Waals surface area contributed by atoms with E-state index in [1.165, 1.54) is 0 Å². The van der Waals surface area contributed by atoms with E-state index in [9.17, 15) is 18.0 Å². The number of hydrogen-bond acceptors (Lipinski definition) is 2. The summed E-state index contributed by atoms with van der Waals surface area (Å²) in [6.45, 7) is 3.98. The second-order valence-corrected chi connectivity index (χ2v) is 5.74. The van der Waals surface area contributed by atoms with Crippen molar-refractivity contribution in [1.29, 1.82) is 0 Å². The van der Waals surface area contributed by atoms with E-state index >= 15 is 0 Å². The van der Waals surface area contributed by atoms with E-state index in [0.29, 0.717) is 10.4 Å². The number of rotatable bonds is 3. The average Bonchev–Trinajstić information content (AvgIpc) is 2.74. The number of anilines is 1. The Bertz CT molecular complexity index is 738. The maximum atomic E-state index is 12.9. The van der Waals surface area contributed by atoms with E-state index in [0.717, 1.165) is 12.6 Å². The fraction of sp³-hybridized carbons (Fsp3) is 0.333. The highest BCUT2D eigenvalue weighted by Crippen LogP contribution is 2.36. The number of carbonyl (C=O) groups excluding carboxylic acids is 1. The molecule has 0 fully saturated rings. The minimum absolute atomic E-state index is 0.252. The van der Waals surface area contributed by atoms with Crippen molar-refractivity contribution >= 4 is 23.2 Å². The van der Waals surface area contributed by atoms with Gasteiger partial charge in [-0.05, 0) is 23.6 Å². The molecule has 1 N–H and O–H groups in total. The second kappa shape index (κ2) is 6.23. The normalized spacial score (nSPS) is 11.8. The highest BCUT2D eigenvalue weighted by Gasteiger charge is 2.39. The number of aryl methyl sites for hydroxylation is 1. The van der Waals surface area contributed by atoms with Gasteiger partial charge in [0.1, 0.15) is 5.02 Å². The molecule has 0 saturated heterocycles. The summed E-state index contributed by atoms with van der Waals surface area (Å²) in [7, 11) is 1.09. The minimum Gasteiger partial charge on any atom is -0.321 e. The van der Waals surface area contributed by atoms with E-state index in [1.807, 2.05) is 19.9 Å². The predicted octanol–water partition coefficient (Wildman–Crippen LogP) is 4.47. The Hall–Kier alpha value is -2.02. The van der Waals surface area contributed by atoms with Gasteiger partial charge in [-0.25, -0.2) is 0 Å². The summed E-state index contributed by atoms with van der Waals surface area (Å²) in [4.78, 5) is 12.2. The van der Waals surface area contributed by atoms with Crippen molar-refractivity contribution < 1.29 is 18.0 Å². The molecule has 2 aromatic rings. The molecule has 1 heterocycles. The molecule has 0 spiro atoms. The lowest BCUT2D eigenvalue weighted by Crippen LogP contribution is -2.13. The third-order valence-corrected chi connectivity index (χ3v) is 3.64. The highest BCUT2D eigenvalue weighted by atomic mass is 35.5. The van der Waals surface area contributed by atoms with Gasteiger partial charge >= 0.3 is 6.18 Å². The first-order valence-electron chi connectivity index (χ1n) is 6.82. The third kappa shape index (κ3) is 3.67. The zero-order chi connectivity index (χ0) is 17.4. The van der Waals surface area contributed by atoms with Gasteiger partial charge in [0.05, 0.1) is 0 Å². The van der Waals surface area contributed by atoms with Gasteiger partial charge in [-0.2, -0.15) is 18.3 Å². The van der Waals surface area contributed by atoms with Gasteiger partial charge in [-0.15, -0.1) is 0 Å². The average molecular weight is 346 g/mol. The number of alkyl halides is 3. The number of halogens is 4. The Labute approximate surface area is 136 Å². The minimum atomic E-state index is -4.69. The number of nitrogens with one attached hydrogen (secondary N) is 1. The highest BCUT2D eigenvalue weighted by molar-refractivity contribution is 6.34. The van der Waals surface area contributed by atoms with Crippen molar-refractivity contribution in [1.82, 2.24) is 9.78 Å². The van der Waals surface area contributed by atoms with E-state index < -0.39 is 28.5 Å². The first-order chi connectivity index (χ1) is 10.6. The van der Waals surface area contributed by atoms with Crippen LogP contribution in [-0.2, 0) is 13.2 Å². The molecule has 8 heteroatoms. The molecule has 124 valence electrons. The second-order valence-electron chi connectivity index (χ2n) is 5.37. The zero-order valence-corrected chi connectivity index (χ0v) is 13.5. The molecular formula is C15H15ClF3N3O. The molecule has 0 radical (unpaired) electrons. The number of carbonyl (C=O) groups is 1. The summed E-state index contributed by atoms with van der Waals surface area (Å²) in [6.07, 6.45) is -4.69. The van der Waals surface area contributed by atoms with Crippen LogP contribution in [0.1, 0.15) is 41.5 Å². The topological polar surface area (TPSA) is 46.9 Å². The van der Waals surface area contributed by atoms with Crippen LogP contribution in [0.5, 0.6) is 0 Å². The van der Waals surface area contributed by atoms with Crippen LogP contribution in [0, 0.1) is 0 Å². The molecule has 0 aliphatic carbocycles. The molecule has 23 heavy (non-hydrogen) atoms. The largest absolute Gasteiger partial charge is 0.434 e. The van der Waals surface area contributed by atoms with Crippen molar-refractivity contribution in [2.24, 2.45) is 7.05 Å². The van der Waals surface area contributed by atoms with Crippen LogP contribution in [-0.4, -0.2) is 15.7 Å². The van der Waals surface area contributed by atoms with Crippen LogP contribution in [0.4, 0.5) is 18.9 Å². The maximum Gasteiger partial charge on any atom is 0.434 e. The standard InChI is InChI=1S/C15H15ClF3N3O/c1-8(2)9-5-4-6-10(7-9)20-14(23)12-11(16)13(15(17,18)19)22(3)21-12/h4-8H,1-3H3,(H,20,23). The smallest absolute Gasteiger partial charge is 0.321 e. The molecule has 0 saturated carbocycles. The number of aromatic nitrogens is 2. The number of hydrogen-bond donors (Lipinski definition) is 1. The summed E-state index contributed by atoms with van der Waals surface area (Å²) in [5.41, 5.74) is -0.154. The fourth-order valence-electron chi connectivity index (χ4n) is 2.12. The molecule has 1 aromatic carbocycles.